The van der Waals surface area contributed by atoms with Crippen LogP contribution < -0.4 is 0 Å². The second kappa shape index (κ2) is 6.85. The fraction of sp³-hybridized carbons (Fsp3) is 0.357. The summed E-state index contributed by atoms with van der Waals surface area (Å²) in [5.41, 5.74) is 0.696. The minimum Gasteiger partial charge on any atom is -0.465 e. The highest BCUT2D eigenvalue weighted by Crippen LogP contribution is 2.25. The Labute approximate surface area is 127 Å². The fourth-order valence-corrected chi connectivity index (χ4v) is 3.53. The molecule has 0 aromatic heterocycles. The molecule has 1 saturated heterocycles. The molecule has 1 aromatic carbocycles. The molecule has 1 heterocycles. The van der Waals surface area contributed by atoms with Crippen LogP contribution in [0, 0.1) is 0 Å². The number of thioether (sulfide) groups is 1. The molecule has 1 amide bonds. The number of carbonyl (C=O) groups is 2. The monoisotopic (exact) mass is 309 g/mol. The lowest BCUT2D eigenvalue weighted by Crippen LogP contribution is -2.30. The Bertz CT molecular complexity index is 518. The molecule has 0 saturated carbocycles. The summed E-state index contributed by atoms with van der Waals surface area (Å²) in [6.07, 6.45) is 0.00408. The molecule has 0 radical (unpaired) electrons. The second-order valence-corrected chi connectivity index (χ2v) is 6.23. The quantitative estimate of drug-likeness (QED) is 0.669. The molecular weight excluding hydrogens is 294 g/mol. The third-order valence-electron chi connectivity index (χ3n) is 3.14. The van der Waals surface area contributed by atoms with Crippen molar-refractivity contribution in [2.24, 2.45) is 0 Å². The van der Waals surface area contributed by atoms with E-state index in [1.165, 1.54) is 16.7 Å². The summed E-state index contributed by atoms with van der Waals surface area (Å²) < 4.78 is 0. The van der Waals surface area contributed by atoms with E-state index in [-0.39, 0.29) is 11.0 Å². The molecule has 1 aromatic rings. The van der Waals surface area contributed by atoms with E-state index in [1.54, 1.807) is 12.1 Å². The molecule has 1 N–H and O–H groups in total. The number of amides is 1. The normalized spacial score (nSPS) is 18.0. The van der Waals surface area contributed by atoms with Crippen LogP contribution in [0.1, 0.15) is 23.2 Å². The molecule has 1 unspecified atom stereocenters. The van der Waals surface area contributed by atoms with Gasteiger partial charge in [0.2, 0.25) is 0 Å². The van der Waals surface area contributed by atoms with Gasteiger partial charge >= 0.3 is 6.09 Å². The lowest BCUT2D eigenvalue weighted by molar-refractivity contribution is 0.0984. The van der Waals surface area contributed by atoms with Crippen LogP contribution in [0.25, 0.3) is 0 Å². The van der Waals surface area contributed by atoms with Crippen molar-refractivity contribution in [1.29, 1.82) is 0 Å². The van der Waals surface area contributed by atoms with Gasteiger partial charge in [-0.15, -0.1) is 11.8 Å². The van der Waals surface area contributed by atoms with Crippen molar-refractivity contribution in [3.63, 3.8) is 0 Å². The number of hydrogen-bond acceptors (Lipinski definition) is 4. The largest absolute Gasteiger partial charge is 0.465 e. The highest BCUT2D eigenvalue weighted by molar-refractivity contribution is 8.02. The summed E-state index contributed by atoms with van der Waals surface area (Å²) in [6.45, 7) is 0.429. The van der Waals surface area contributed by atoms with Gasteiger partial charge in [-0.3, -0.25) is 9.69 Å². The summed E-state index contributed by atoms with van der Waals surface area (Å²) in [5, 5.41) is 8.93. The molecule has 0 aliphatic carbocycles. The van der Waals surface area contributed by atoms with Crippen LogP contribution in [0.2, 0.25) is 0 Å². The number of benzene rings is 1. The molecule has 1 fully saturated rings. The number of carboxylic acid groups (broad SMARTS) is 1. The number of hydrogen-bond donors (Lipinski definition) is 1. The summed E-state index contributed by atoms with van der Waals surface area (Å²) in [4.78, 5) is 24.9. The van der Waals surface area contributed by atoms with Gasteiger partial charge in [-0.2, -0.15) is 0 Å². The molecule has 1 atom stereocenters. The molecule has 4 nitrogen and oxygen atoms in total. The number of Topliss-reactive ketones (excluding diaryl/α,β-unsaturated/α-hetero) is 1. The van der Waals surface area contributed by atoms with Crippen LogP contribution in [0.15, 0.2) is 30.3 Å². The molecule has 106 valence electrons. The maximum absolute atomic E-state index is 12.0. The zero-order chi connectivity index (χ0) is 14.5. The van der Waals surface area contributed by atoms with Gasteiger partial charge in [-0.25, -0.2) is 4.79 Å². The number of carbonyl (C=O) groups excluding carboxylic acids is 1. The van der Waals surface area contributed by atoms with E-state index >= 15 is 0 Å². The van der Waals surface area contributed by atoms with Crippen LogP contribution in [0.4, 0.5) is 4.79 Å². The van der Waals surface area contributed by atoms with Crippen molar-refractivity contribution in [3.8, 4) is 0 Å². The zero-order valence-electron chi connectivity index (χ0n) is 10.8. The zero-order valence-corrected chi connectivity index (χ0v) is 12.5. The van der Waals surface area contributed by atoms with Gasteiger partial charge in [-0.05, 0) is 6.42 Å². The van der Waals surface area contributed by atoms with E-state index in [9.17, 15) is 9.59 Å². The Morgan fingerprint density at radius 3 is 2.60 bits per heavy atom. The topological polar surface area (TPSA) is 57.6 Å². The number of rotatable bonds is 5. The summed E-state index contributed by atoms with van der Waals surface area (Å²) in [7, 11) is 0. The smallest absolute Gasteiger partial charge is 0.408 e. The summed E-state index contributed by atoms with van der Waals surface area (Å²) in [6, 6.07) is 9.13. The van der Waals surface area contributed by atoms with Crippen LogP contribution >= 0.6 is 24.0 Å². The van der Waals surface area contributed by atoms with Gasteiger partial charge in [0.05, 0.1) is 11.1 Å². The Hall–Kier alpha value is -1.40. The van der Waals surface area contributed by atoms with Gasteiger partial charge in [0.25, 0.3) is 0 Å². The van der Waals surface area contributed by atoms with E-state index < -0.39 is 6.09 Å². The standard InChI is InChI=1S/C14H15NO3S2/c16-11(10-4-2-1-3-5-10)6-7-12(19)13-8-15(9-20-13)14(17)18/h1-5,13H,6-9H2,(H,17,18). The first-order valence-corrected chi connectivity index (χ1v) is 7.74. The van der Waals surface area contributed by atoms with E-state index in [4.69, 9.17) is 17.3 Å². The number of ketones is 1. The minimum atomic E-state index is -0.914. The van der Waals surface area contributed by atoms with Crippen molar-refractivity contribution in [3.05, 3.63) is 35.9 Å². The molecule has 0 spiro atoms. The van der Waals surface area contributed by atoms with Crippen LogP contribution in [0.5, 0.6) is 0 Å². The van der Waals surface area contributed by atoms with Crippen LogP contribution in [0.3, 0.4) is 0 Å². The number of nitrogens with zero attached hydrogens (tertiary/aromatic N) is 1. The lowest BCUT2D eigenvalue weighted by atomic mass is 10.0. The highest BCUT2D eigenvalue weighted by Gasteiger charge is 2.29. The highest BCUT2D eigenvalue weighted by atomic mass is 32.2. The van der Waals surface area contributed by atoms with E-state index in [0.717, 1.165) is 4.86 Å². The second-order valence-electron chi connectivity index (χ2n) is 4.54. The third kappa shape index (κ3) is 3.80. The van der Waals surface area contributed by atoms with Gasteiger partial charge in [0.1, 0.15) is 0 Å². The van der Waals surface area contributed by atoms with Gasteiger partial charge in [-0.1, -0.05) is 42.5 Å². The maximum atomic E-state index is 12.0. The molecule has 0 bridgehead atoms. The minimum absolute atomic E-state index is 0.0321. The Kier molecular flexibility index (Phi) is 5.14. The van der Waals surface area contributed by atoms with Crippen LogP contribution in [-0.4, -0.2) is 44.4 Å². The molecular formula is C14H15NO3S2. The first-order chi connectivity index (χ1) is 9.58. The van der Waals surface area contributed by atoms with Crippen molar-refractivity contribution in [2.45, 2.75) is 18.1 Å². The first-order valence-electron chi connectivity index (χ1n) is 6.28. The third-order valence-corrected chi connectivity index (χ3v) is 5.08. The summed E-state index contributed by atoms with van der Waals surface area (Å²) in [5.74, 6) is 0.526. The molecule has 1 aliphatic rings. The first kappa shape index (κ1) is 15.0. The van der Waals surface area contributed by atoms with Crippen LogP contribution in [-0.2, 0) is 0 Å². The molecule has 1 aliphatic heterocycles. The molecule has 2 rings (SSSR count). The molecule has 20 heavy (non-hydrogen) atoms. The molecule has 6 heteroatoms. The van der Waals surface area contributed by atoms with Crippen molar-refractivity contribution >= 4 is 40.7 Å². The van der Waals surface area contributed by atoms with Gasteiger partial charge in [0, 0.05) is 23.4 Å². The number of thiocarbonyl (C=S) groups is 1. The average molecular weight is 309 g/mol. The van der Waals surface area contributed by atoms with Gasteiger partial charge in [0.15, 0.2) is 5.78 Å². The van der Waals surface area contributed by atoms with E-state index in [2.05, 4.69) is 0 Å². The van der Waals surface area contributed by atoms with Crippen molar-refractivity contribution < 1.29 is 14.7 Å². The van der Waals surface area contributed by atoms with Gasteiger partial charge < -0.3 is 5.11 Å². The average Bonchev–Trinajstić information content (AvgIpc) is 2.95. The lowest BCUT2D eigenvalue weighted by Gasteiger charge is -2.12. The Morgan fingerprint density at radius 2 is 2.00 bits per heavy atom. The predicted octanol–water partition coefficient (Wildman–Crippen LogP) is 3.07. The predicted molar refractivity (Wildman–Crippen MR) is 83.6 cm³/mol. The Morgan fingerprint density at radius 1 is 1.30 bits per heavy atom. The maximum Gasteiger partial charge on any atom is 0.408 e. The summed E-state index contributed by atoms with van der Waals surface area (Å²) >= 11 is 6.86. The fourth-order valence-electron chi connectivity index (χ4n) is 1.98. The van der Waals surface area contributed by atoms with E-state index in [0.29, 0.717) is 30.8 Å². The van der Waals surface area contributed by atoms with Crippen molar-refractivity contribution in [1.82, 2.24) is 4.90 Å². The Balaban J connectivity index is 1.81. The van der Waals surface area contributed by atoms with E-state index in [1.807, 2.05) is 18.2 Å². The van der Waals surface area contributed by atoms with Crippen molar-refractivity contribution in [2.75, 3.05) is 12.4 Å². The SMILES string of the molecule is O=C(CCC(=S)C1CN(C(=O)O)CS1)c1ccccc1.